The van der Waals surface area contributed by atoms with Crippen LogP contribution in [0.25, 0.3) is 0 Å². The summed E-state index contributed by atoms with van der Waals surface area (Å²) in [6.07, 6.45) is 5.74. The van der Waals surface area contributed by atoms with E-state index in [-0.39, 0.29) is 5.91 Å². The molecule has 0 radical (unpaired) electrons. The number of nitrogens with zero attached hydrogens (tertiary/aromatic N) is 2. The van der Waals surface area contributed by atoms with E-state index in [1.165, 1.54) is 0 Å². The van der Waals surface area contributed by atoms with Crippen LogP contribution in [-0.4, -0.2) is 33.9 Å². The van der Waals surface area contributed by atoms with Gasteiger partial charge in [0.05, 0.1) is 0 Å². The summed E-state index contributed by atoms with van der Waals surface area (Å²) in [7, 11) is 0. The highest BCUT2D eigenvalue weighted by Crippen LogP contribution is 2.07. The summed E-state index contributed by atoms with van der Waals surface area (Å²) in [6, 6.07) is 3.45. The van der Waals surface area contributed by atoms with Crippen molar-refractivity contribution in [2.24, 2.45) is 5.73 Å². The Labute approximate surface area is 126 Å². The number of unbranched alkanes of at least 4 members (excludes halogenated alkanes) is 2. The Hall–Kier alpha value is -1.49. The molecular formula is C15H23N3OS. The summed E-state index contributed by atoms with van der Waals surface area (Å²) in [4.78, 5) is 18.8. The number of nitrogens with two attached hydrogens (primary N) is 1. The Balaban J connectivity index is 2.78. The fourth-order valence-electron chi connectivity index (χ4n) is 1.84. The quantitative estimate of drug-likeness (QED) is 0.749. The fraction of sp³-hybridized carbons (Fsp3) is 0.533. The predicted octanol–water partition coefficient (Wildman–Crippen LogP) is 2.76. The van der Waals surface area contributed by atoms with Gasteiger partial charge in [-0.25, -0.2) is 0 Å². The summed E-state index contributed by atoms with van der Waals surface area (Å²) in [5.74, 6) is -0.0126. The highest BCUT2D eigenvalue weighted by atomic mass is 32.1. The first-order valence-electron chi connectivity index (χ1n) is 7.15. The van der Waals surface area contributed by atoms with Gasteiger partial charge in [-0.3, -0.25) is 9.78 Å². The third-order valence-corrected chi connectivity index (χ3v) is 3.35. The highest BCUT2D eigenvalue weighted by Gasteiger charge is 2.16. The van der Waals surface area contributed by atoms with E-state index < -0.39 is 0 Å². The average Bonchev–Trinajstić information content (AvgIpc) is 2.47. The molecule has 0 bridgehead atoms. The van der Waals surface area contributed by atoms with Crippen molar-refractivity contribution in [1.29, 1.82) is 0 Å². The van der Waals surface area contributed by atoms with Crippen LogP contribution in [0.5, 0.6) is 0 Å². The van der Waals surface area contributed by atoms with Crippen molar-refractivity contribution in [2.45, 2.75) is 39.5 Å². The number of hydrogen-bond donors (Lipinski definition) is 1. The largest absolute Gasteiger partial charge is 0.389 e. The van der Waals surface area contributed by atoms with E-state index in [0.717, 1.165) is 38.8 Å². The van der Waals surface area contributed by atoms with Gasteiger partial charge in [0.25, 0.3) is 5.91 Å². The van der Waals surface area contributed by atoms with Gasteiger partial charge >= 0.3 is 0 Å². The monoisotopic (exact) mass is 293 g/mol. The molecule has 4 nitrogen and oxygen atoms in total. The topological polar surface area (TPSA) is 59.2 Å². The molecule has 0 unspecified atom stereocenters. The SMILES string of the molecule is CCCCN(CCCC)C(=O)c1ccc(C(N)=S)cn1. The van der Waals surface area contributed by atoms with Crippen LogP contribution in [0.2, 0.25) is 0 Å². The van der Waals surface area contributed by atoms with Crippen LogP contribution >= 0.6 is 12.2 Å². The maximum atomic E-state index is 12.4. The first-order valence-corrected chi connectivity index (χ1v) is 7.56. The van der Waals surface area contributed by atoms with Gasteiger partial charge in [0, 0.05) is 24.8 Å². The predicted molar refractivity (Wildman–Crippen MR) is 85.8 cm³/mol. The molecule has 0 aliphatic rings. The third kappa shape index (κ3) is 4.89. The van der Waals surface area contributed by atoms with Crippen molar-refractivity contribution >= 4 is 23.1 Å². The fourth-order valence-corrected chi connectivity index (χ4v) is 1.96. The number of hydrogen-bond acceptors (Lipinski definition) is 3. The first kappa shape index (κ1) is 16.6. The maximum Gasteiger partial charge on any atom is 0.272 e. The van der Waals surface area contributed by atoms with Crippen LogP contribution in [0.4, 0.5) is 0 Å². The zero-order chi connectivity index (χ0) is 15.0. The van der Waals surface area contributed by atoms with Crippen LogP contribution in [0, 0.1) is 0 Å². The Morgan fingerprint density at radius 2 is 1.85 bits per heavy atom. The number of amides is 1. The number of carbonyl (C=O) groups excluding carboxylic acids is 1. The van der Waals surface area contributed by atoms with Crippen LogP contribution in [0.15, 0.2) is 18.3 Å². The van der Waals surface area contributed by atoms with Gasteiger partial charge in [-0.2, -0.15) is 0 Å². The molecule has 1 rings (SSSR count). The van der Waals surface area contributed by atoms with Gasteiger partial charge in [0.2, 0.25) is 0 Å². The van der Waals surface area contributed by atoms with Crippen molar-refractivity contribution in [3.8, 4) is 0 Å². The van der Waals surface area contributed by atoms with E-state index >= 15 is 0 Å². The number of thiocarbonyl (C=S) groups is 1. The summed E-state index contributed by atoms with van der Waals surface area (Å²) < 4.78 is 0. The lowest BCUT2D eigenvalue weighted by atomic mass is 10.2. The number of rotatable bonds is 8. The van der Waals surface area contributed by atoms with Crippen molar-refractivity contribution in [3.63, 3.8) is 0 Å². The van der Waals surface area contributed by atoms with Gasteiger partial charge in [-0.1, -0.05) is 38.9 Å². The van der Waals surface area contributed by atoms with Crippen molar-refractivity contribution < 1.29 is 4.79 Å². The number of aromatic nitrogens is 1. The Morgan fingerprint density at radius 1 is 1.25 bits per heavy atom. The number of carbonyl (C=O) groups is 1. The molecule has 1 aromatic rings. The van der Waals surface area contributed by atoms with Crippen molar-refractivity contribution in [1.82, 2.24) is 9.88 Å². The van der Waals surface area contributed by atoms with Crippen LogP contribution in [0.3, 0.4) is 0 Å². The minimum Gasteiger partial charge on any atom is -0.389 e. The second kappa shape index (κ2) is 8.64. The second-order valence-electron chi connectivity index (χ2n) is 4.80. The van der Waals surface area contributed by atoms with E-state index in [9.17, 15) is 4.79 Å². The smallest absolute Gasteiger partial charge is 0.272 e. The molecule has 0 saturated heterocycles. The third-order valence-electron chi connectivity index (χ3n) is 3.12. The normalized spacial score (nSPS) is 10.3. The zero-order valence-electron chi connectivity index (χ0n) is 12.3. The molecule has 0 fully saturated rings. The molecule has 2 N–H and O–H groups in total. The van der Waals surface area contributed by atoms with Crippen LogP contribution in [-0.2, 0) is 0 Å². The van der Waals surface area contributed by atoms with E-state index in [1.807, 2.05) is 4.90 Å². The molecule has 0 atom stereocenters. The van der Waals surface area contributed by atoms with Gasteiger partial charge in [0.1, 0.15) is 10.7 Å². The summed E-state index contributed by atoms with van der Waals surface area (Å²) in [5, 5.41) is 0. The van der Waals surface area contributed by atoms with Gasteiger partial charge in [-0.15, -0.1) is 0 Å². The lowest BCUT2D eigenvalue weighted by Gasteiger charge is -2.22. The molecule has 1 heterocycles. The lowest BCUT2D eigenvalue weighted by molar-refractivity contribution is 0.0745. The summed E-state index contributed by atoms with van der Waals surface area (Å²) in [5.41, 5.74) is 6.67. The molecule has 0 saturated carbocycles. The molecule has 110 valence electrons. The van der Waals surface area contributed by atoms with Gasteiger partial charge in [0.15, 0.2) is 0 Å². The molecule has 5 heteroatoms. The van der Waals surface area contributed by atoms with Crippen LogP contribution < -0.4 is 5.73 Å². The molecule has 0 spiro atoms. The van der Waals surface area contributed by atoms with Gasteiger partial charge in [-0.05, 0) is 25.0 Å². The molecule has 0 aromatic carbocycles. The molecule has 1 amide bonds. The Kier molecular flexibility index (Phi) is 7.15. The standard InChI is InChI=1S/C15H23N3OS/c1-3-5-9-18(10-6-4-2)15(19)13-8-7-12(11-17-13)14(16)20/h7-8,11H,3-6,9-10H2,1-2H3,(H2,16,20). The molecule has 0 aliphatic carbocycles. The minimum absolute atomic E-state index is 0.0126. The molecule has 1 aromatic heterocycles. The van der Waals surface area contributed by atoms with Crippen molar-refractivity contribution in [3.05, 3.63) is 29.6 Å². The zero-order valence-corrected chi connectivity index (χ0v) is 13.1. The van der Waals surface area contributed by atoms with E-state index in [2.05, 4.69) is 18.8 Å². The first-order chi connectivity index (χ1) is 9.60. The van der Waals surface area contributed by atoms with E-state index in [0.29, 0.717) is 16.2 Å². The second-order valence-corrected chi connectivity index (χ2v) is 5.24. The van der Waals surface area contributed by atoms with Crippen molar-refractivity contribution in [2.75, 3.05) is 13.1 Å². The number of pyridine rings is 1. The molecular weight excluding hydrogens is 270 g/mol. The summed E-state index contributed by atoms with van der Waals surface area (Å²) in [6.45, 7) is 5.82. The maximum absolute atomic E-state index is 12.4. The highest BCUT2D eigenvalue weighted by molar-refractivity contribution is 7.80. The van der Waals surface area contributed by atoms with E-state index in [1.54, 1.807) is 18.3 Å². The van der Waals surface area contributed by atoms with Crippen LogP contribution in [0.1, 0.15) is 55.6 Å². The van der Waals surface area contributed by atoms with E-state index in [4.69, 9.17) is 18.0 Å². The minimum atomic E-state index is -0.0126. The van der Waals surface area contributed by atoms with Gasteiger partial charge < -0.3 is 10.6 Å². The Bertz CT molecular complexity index is 437. The lowest BCUT2D eigenvalue weighted by Crippen LogP contribution is -2.33. The summed E-state index contributed by atoms with van der Waals surface area (Å²) >= 11 is 4.88. The molecule has 20 heavy (non-hydrogen) atoms. The average molecular weight is 293 g/mol. The Morgan fingerprint density at radius 3 is 2.25 bits per heavy atom. The molecule has 0 aliphatic heterocycles.